The Kier molecular flexibility index (Phi) is 3.66. The summed E-state index contributed by atoms with van der Waals surface area (Å²) in [5.74, 6) is 0.884. The number of nitrogens with two attached hydrogens (primary N) is 1. The van der Waals surface area contributed by atoms with E-state index >= 15 is 0 Å². The van der Waals surface area contributed by atoms with Gasteiger partial charge < -0.3 is 10.5 Å². The molecule has 0 aliphatic rings. The van der Waals surface area contributed by atoms with Gasteiger partial charge in [-0.25, -0.2) is 4.98 Å². The van der Waals surface area contributed by atoms with E-state index in [4.69, 9.17) is 15.5 Å². The van der Waals surface area contributed by atoms with E-state index < -0.39 is 0 Å². The van der Waals surface area contributed by atoms with Gasteiger partial charge in [-0.15, -0.1) is 11.3 Å². The summed E-state index contributed by atoms with van der Waals surface area (Å²) < 4.78 is 5.45. The molecule has 0 bridgehead atoms. The minimum atomic E-state index is 0.0146. The smallest absolute Gasteiger partial charge is 0.126 e. The second-order valence-electron chi connectivity index (χ2n) is 5.12. The average molecular weight is 298 g/mol. The number of nitrogens with zero attached hydrogens (tertiary/aromatic N) is 1. The van der Waals surface area contributed by atoms with Gasteiger partial charge in [-0.3, -0.25) is 0 Å². The molecule has 1 unspecified atom stereocenters. The van der Waals surface area contributed by atoms with Crippen LogP contribution < -0.4 is 10.5 Å². The second kappa shape index (κ2) is 5.47. The number of hydrogen-bond donors (Lipinski definition) is 1. The normalized spacial score (nSPS) is 12.6. The largest absolute Gasteiger partial charge is 0.496 e. The Morgan fingerprint density at radius 2 is 1.86 bits per heavy atom. The van der Waals surface area contributed by atoms with E-state index in [1.807, 2.05) is 32.0 Å². The molecule has 0 saturated carbocycles. The van der Waals surface area contributed by atoms with E-state index in [0.717, 1.165) is 37.7 Å². The van der Waals surface area contributed by atoms with Crippen molar-refractivity contribution in [3.05, 3.63) is 47.0 Å². The van der Waals surface area contributed by atoms with Crippen LogP contribution in [0.3, 0.4) is 0 Å². The Morgan fingerprint density at radius 3 is 2.48 bits per heavy atom. The molecule has 4 heteroatoms. The number of methoxy groups -OCH3 is 1. The molecule has 0 saturated heterocycles. The van der Waals surface area contributed by atoms with Crippen LogP contribution in [0.25, 0.3) is 21.3 Å². The highest BCUT2D eigenvalue weighted by molar-refractivity contribution is 7.15. The summed E-state index contributed by atoms with van der Waals surface area (Å²) in [6.07, 6.45) is 0. The first-order chi connectivity index (χ1) is 10.1. The Hall–Kier alpha value is -1.91. The third-order valence-electron chi connectivity index (χ3n) is 3.58. The Bertz CT molecular complexity index is 793. The van der Waals surface area contributed by atoms with Crippen LogP contribution in [0.5, 0.6) is 5.75 Å². The predicted octanol–water partition coefficient (Wildman–Crippen LogP) is 4.30. The van der Waals surface area contributed by atoms with Crippen LogP contribution in [0.15, 0.2) is 36.4 Å². The maximum atomic E-state index is 6.01. The zero-order valence-electron chi connectivity index (χ0n) is 12.4. The van der Waals surface area contributed by atoms with Gasteiger partial charge in [-0.05, 0) is 31.4 Å². The highest BCUT2D eigenvalue weighted by Gasteiger charge is 2.15. The van der Waals surface area contributed by atoms with Gasteiger partial charge in [0, 0.05) is 21.9 Å². The topological polar surface area (TPSA) is 48.1 Å². The third kappa shape index (κ3) is 2.41. The lowest BCUT2D eigenvalue weighted by Crippen LogP contribution is -2.03. The molecule has 0 aliphatic heterocycles. The van der Waals surface area contributed by atoms with Gasteiger partial charge in [-0.1, -0.05) is 24.3 Å². The molecule has 108 valence electrons. The van der Waals surface area contributed by atoms with Crippen LogP contribution in [-0.4, -0.2) is 12.1 Å². The van der Waals surface area contributed by atoms with Gasteiger partial charge in [0.05, 0.1) is 12.8 Å². The number of benzene rings is 2. The highest BCUT2D eigenvalue weighted by atomic mass is 32.1. The number of ether oxygens (including phenoxy) is 1. The molecule has 1 atom stereocenters. The average Bonchev–Trinajstić information content (AvgIpc) is 2.88. The van der Waals surface area contributed by atoms with Crippen molar-refractivity contribution in [3.8, 4) is 16.3 Å². The number of aryl methyl sites for hydroxylation is 1. The van der Waals surface area contributed by atoms with Gasteiger partial charge in [-0.2, -0.15) is 0 Å². The lowest BCUT2D eigenvalue weighted by Gasteiger charge is -2.08. The van der Waals surface area contributed by atoms with E-state index in [1.54, 1.807) is 18.4 Å². The third-order valence-corrected chi connectivity index (χ3v) is 4.97. The molecule has 21 heavy (non-hydrogen) atoms. The molecule has 0 spiro atoms. The number of fused-ring (bicyclic) bond motifs is 1. The van der Waals surface area contributed by atoms with Crippen LogP contribution in [0.4, 0.5) is 0 Å². The van der Waals surface area contributed by atoms with Crippen molar-refractivity contribution in [2.45, 2.75) is 19.9 Å². The number of hydrogen-bond acceptors (Lipinski definition) is 4. The molecule has 0 fully saturated rings. The van der Waals surface area contributed by atoms with Gasteiger partial charge >= 0.3 is 0 Å². The van der Waals surface area contributed by atoms with Crippen LogP contribution >= 0.6 is 11.3 Å². The molecule has 0 aliphatic carbocycles. The van der Waals surface area contributed by atoms with Crippen molar-refractivity contribution in [3.63, 3.8) is 0 Å². The van der Waals surface area contributed by atoms with Gasteiger partial charge in [0.1, 0.15) is 10.8 Å². The van der Waals surface area contributed by atoms with E-state index in [-0.39, 0.29) is 6.04 Å². The first kappa shape index (κ1) is 14.0. The molecular weight excluding hydrogens is 280 g/mol. The fourth-order valence-electron chi connectivity index (χ4n) is 2.58. The maximum absolute atomic E-state index is 6.01. The maximum Gasteiger partial charge on any atom is 0.126 e. The van der Waals surface area contributed by atoms with Gasteiger partial charge in [0.25, 0.3) is 0 Å². The minimum Gasteiger partial charge on any atom is -0.496 e. The molecule has 3 aromatic rings. The Morgan fingerprint density at radius 1 is 1.14 bits per heavy atom. The van der Waals surface area contributed by atoms with Gasteiger partial charge in [0.15, 0.2) is 0 Å². The quantitative estimate of drug-likeness (QED) is 0.784. The zero-order valence-corrected chi connectivity index (χ0v) is 13.2. The van der Waals surface area contributed by atoms with Crippen molar-refractivity contribution in [1.82, 2.24) is 4.98 Å². The summed E-state index contributed by atoms with van der Waals surface area (Å²) in [4.78, 5) is 5.85. The number of aromatic nitrogens is 1. The lowest BCUT2D eigenvalue weighted by atomic mass is 10.0. The van der Waals surface area contributed by atoms with Gasteiger partial charge in [0.2, 0.25) is 0 Å². The van der Waals surface area contributed by atoms with Crippen molar-refractivity contribution >= 4 is 22.1 Å². The zero-order chi connectivity index (χ0) is 15.0. The van der Waals surface area contributed by atoms with Crippen LogP contribution in [0.1, 0.15) is 23.5 Å². The van der Waals surface area contributed by atoms with Crippen molar-refractivity contribution in [1.29, 1.82) is 0 Å². The standard InChI is InChI=1S/C17H18N2OS/c1-10(18)16-11(2)19-17(21-16)14-8-9-15(20-3)13-7-5-4-6-12(13)14/h4-10H,18H2,1-3H3. The molecular formula is C17H18N2OS. The highest BCUT2D eigenvalue weighted by Crippen LogP contribution is 2.37. The number of rotatable bonds is 3. The molecule has 0 radical (unpaired) electrons. The molecule has 1 heterocycles. The van der Waals surface area contributed by atoms with Crippen LogP contribution in [-0.2, 0) is 0 Å². The Balaban J connectivity index is 2.24. The minimum absolute atomic E-state index is 0.0146. The summed E-state index contributed by atoms with van der Waals surface area (Å²) in [5, 5.41) is 3.27. The van der Waals surface area contributed by atoms with Crippen LogP contribution in [0, 0.1) is 6.92 Å². The van der Waals surface area contributed by atoms with E-state index in [0.29, 0.717) is 0 Å². The number of thiazole rings is 1. The van der Waals surface area contributed by atoms with Crippen molar-refractivity contribution in [2.75, 3.05) is 7.11 Å². The molecule has 2 aromatic carbocycles. The second-order valence-corrected chi connectivity index (χ2v) is 6.15. The summed E-state index contributed by atoms with van der Waals surface area (Å²) in [6.45, 7) is 4.01. The fourth-order valence-corrected chi connectivity index (χ4v) is 3.64. The van der Waals surface area contributed by atoms with Crippen molar-refractivity contribution in [2.24, 2.45) is 5.73 Å². The van der Waals surface area contributed by atoms with E-state index in [1.165, 1.54) is 0 Å². The van der Waals surface area contributed by atoms with E-state index in [9.17, 15) is 0 Å². The summed E-state index contributed by atoms with van der Waals surface area (Å²) in [6, 6.07) is 12.3. The molecule has 2 N–H and O–H groups in total. The van der Waals surface area contributed by atoms with Crippen molar-refractivity contribution < 1.29 is 4.74 Å². The Labute approximate surface area is 128 Å². The molecule has 3 nitrogen and oxygen atoms in total. The SMILES string of the molecule is COc1ccc(-c2nc(C)c(C(C)N)s2)c2ccccc12. The first-order valence-corrected chi connectivity index (χ1v) is 7.72. The monoisotopic (exact) mass is 298 g/mol. The van der Waals surface area contributed by atoms with Crippen LogP contribution in [0.2, 0.25) is 0 Å². The van der Waals surface area contributed by atoms with E-state index in [2.05, 4.69) is 18.2 Å². The molecule has 3 rings (SSSR count). The first-order valence-electron chi connectivity index (χ1n) is 6.91. The fraction of sp³-hybridized carbons (Fsp3) is 0.235. The lowest BCUT2D eigenvalue weighted by molar-refractivity contribution is 0.420. The molecule has 1 aromatic heterocycles. The molecule has 0 amide bonds. The summed E-state index contributed by atoms with van der Waals surface area (Å²) in [7, 11) is 1.70. The predicted molar refractivity (Wildman–Crippen MR) is 88.9 cm³/mol. The summed E-state index contributed by atoms with van der Waals surface area (Å²) in [5.41, 5.74) is 8.16. The summed E-state index contributed by atoms with van der Waals surface area (Å²) >= 11 is 1.67.